The molecule has 4 rings (SSSR count). The van der Waals surface area contributed by atoms with E-state index in [0.29, 0.717) is 31.0 Å². The minimum atomic E-state index is -0.626. The second-order valence-electron chi connectivity index (χ2n) is 10.5. The molecular formula is C33H39ClN2O3. The highest BCUT2D eigenvalue weighted by atomic mass is 35.5. The summed E-state index contributed by atoms with van der Waals surface area (Å²) in [6.45, 7) is 2.78. The van der Waals surface area contributed by atoms with Crippen molar-refractivity contribution in [3.63, 3.8) is 0 Å². The fourth-order valence-electron chi connectivity index (χ4n) is 5.12. The van der Waals surface area contributed by atoms with Gasteiger partial charge in [0.2, 0.25) is 11.8 Å². The van der Waals surface area contributed by atoms with E-state index >= 15 is 0 Å². The highest BCUT2D eigenvalue weighted by Gasteiger charge is 2.31. The molecule has 1 atom stereocenters. The van der Waals surface area contributed by atoms with Crippen LogP contribution in [0, 0.1) is 6.92 Å². The van der Waals surface area contributed by atoms with Gasteiger partial charge in [-0.2, -0.15) is 0 Å². The van der Waals surface area contributed by atoms with E-state index in [2.05, 4.69) is 5.32 Å². The summed E-state index contributed by atoms with van der Waals surface area (Å²) in [6.07, 6.45) is 6.73. The van der Waals surface area contributed by atoms with Gasteiger partial charge in [-0.15, -0.1) is 0 Å². The Morgan fingerprint density at radius 2 is 1.67 bits per heavy atom. The molecule has 5 nitrogen and oxygen atoms in total. The zero-order chi connectivity index (χ0) is 27.5. The van der Waals surface area contributed by atoms with Crippen molar-refractivity contribution in [1.29, 1.82) is 0 Å². The fraction of sp³-hybridized carbons (Fsp3) is 0.394. The van der Waals surface area contributed by atoms with Crippen molar-refractivity contribution in [2.24, 2.45) is 0 Å². The summed E-state index contributed by atoms with van der Waals surface area (Å²) in [5, 5.41) is 3.89. The average molecular weight is 547 g/mol. The molecule has 0 aromatic heterocycles. The molecule has 0 radical (unpaired) electrons. The maximum atomic E-state index is 13.8. The van der Waals surface area contributed by atoms with Gasteiger partial charge in [-0.05, 0) is 61.6 Å². The molecule has 0 bridgehead atoms. The first-order chi connectivity index (χ1) is 19.0. The van der Waals surface area contributed by atoms with Crippen molar-refractivity contribution in [1.82, 2.24) is 10.2 Å². The number of amides is 2. The van der Waals surface area contributed by atoms with Crippen molar-refractivity contribution in [3.8, 4) is 5.75 Å². The largest absolute Gasteiger partial charge is 0.494 e. The molecule has 1 saturated carbocycles. The van der Waals surface area contributed by atoms with Crippen LogP contribution >= 0.6 is 11.6 Å². The molecule has 1 unspecified atom stereocenters. The third kappa shape index (κ3) is 9.14. The second kappa shape index (κ2) is 14.7. The third-order valence-electron chi connectivity index (χ3n) is 7.29. The number of nitrogens with one attached hydrogen (secondary N) is 1. The molecule has 3 aromatic carbocycles. The Balaban J connectivity index is 1.51. The summed E-state index contributed by atoms with van der Waals surface area (Å²) in [5.41, 5.74) is 3.09. The van der Waals surface area contributed by atoms with E-state index in [-0.39, 0.29) is 24.3 Å². The van der Waals surface area contributed by atoms with E-state index in [0.717, 1.165) is 42.6 Å². The van der Waals surface area contributed by atoms with Gasteiger partial charge in [0.1, 0.15) is 11.8 Å². The van der Waals surface area contributed by atoms with Gasteiger partial charge in [0.15, 0.2) is 0 Å². The first kappa shape index (κ1) is 28.7. The predicted octanol–water partition coefficient (Wildman–Crippen LogP) is 6.90. The summed E-state index contributed by atoms with van der Waals surface area (Å²) < 4.78 is 5.86. The Bertz CT molecular complexity index is 1190. The molecule has 0 spiro atoms. The van der Waals surface area contributed by atoms with Crippen LogP contribution in [0.3, 0.4) is 0 Å². The van der Waals surface area contributed by atoms with Gasteiger partial charge < -0.3 is 15.0 Å². The molecule has 39 heavy (non-hydrogen) atoms. The van der Waals surface area contributed by atoms with Crippen LogP contribution in [0.25, 0.3) is 0 Å². The van der Waals surface area contributed by atoms with E-state index in [9.17, 15) is 9.59 Å². The van der Waals surface area contributed by atoms with Crippen LogP contribution in [0.4, 0.5) is 0 Å². The molecular weight excluding hydrogens is 508 g/mol. The molecule has 206 valence electrons. The Labute approximate surface area is 237 Å². The molecule has 1 fully saturated rings. The van der Waals surface area contributed by atoms with E-state index in [1.165, 1.54) is 12.0 Å². The first-order valence-corrected chi connectivity index (χ1v) is 14.4. The molecule has 1 aliphatic rings. The number of nitrogens with zero attached hydrogens (tertiary/aromatic N) is 1. The minimum Gasteiger partial charge on any atom is -0.494 e. The van der Waals surface area contributed by atoms with Crippen molar-refractivity contribution >= 4 is 23.4 Å². The van der Waals surface area contributed by atoms with Crippen LogP contribution in [0.5, 0.6) is 5.75 Å². The average Bonchev–Trinajstić information content (AvgIpc) is 2.95. The monoisotopic (exact) mass is 546 g/mol. The fourth-order valence-corrected chi connectivity index (χ4v) is 5.33. The smallest absolute Gasteiger partial charge is 0.243 e. The lowest BCUT2D eigenvalue weighted by molar-refractivity contribution is -0.141. The molecule has 6 heteroatoms. The second-order valence-corrected chi connectivity index (χ2v) is 10.9. The van der Waals surface area contributed by atoms with Gasteiger partial charge in [0.05, 0.1) is 6.61 Å². The zero-order valence-electron chi connectivity index (χ0n) is 22.8. The SMILES string of the molecule is Cc1ccc(OCCCC(=O)N(Cc2cccc(Cl)c2)C(Cc2ccccc2)C(=O)NC2CCCCC2)cc1. The number of hydrogen-bond acceptors (Lipinski definition) is 3. The molecule has 0 saturated heterocycles. The van der Waals surface area contributed by atoms with E-state index in [1.807, 2.05) is 85.8 Å². The summed E-state index contributed by atoms with van der Waals surface area (Å²) in [5.74, 6) is 0.636. The van der Waals surface area contributed by atoms with Crippen molar-refractivity contribution in [2.45, 2.75) is 76.9 Å². The topological polar surface area (TPSA) is 58.6 Å². The molecule has 2 amide bonds. The number of hydrogen-bond donors (Lipinski definition) is 1. The van der Waals surface area contributed by atoms with Gasteiger partial charge in [-0.25, -0.2) is 0 Å². The zero-order valence-corrected chi connectivity index (χ0v) is 23.5. The van der Waals surface area contributed by atoms with E-state index < -0.39 is 6.04 Å². The first-order valence-electron chi connectivity index (χ1n) is 14.1. The number of halogens is 1. The van der Waals surface area contributed by atoms with Crippen LogP contribution in [0.15, 0.2) is 78.9 Å². The Morgan fingerprint density at radius 1 is 0.949 bits per heavy atom. The quantitative estimate of drug-likeness (QED) is 0.251. The van der Waals surface area contributed by atoms with E-state index in [1.54, 1.807) is 4.90 Å². The number of aryl methyl sites for hydroxylation is 1. The van der Waals surface area contributed by atoms with Crippen LogP contribution in [-0.4, -0.2) is 35.4 Å². The lowest BCUT2D eigenvalue weighted by Gasteiger charge is -2.33. The molecule has 0 aliphatic heterocycles. The van der Waals surface area contributed by atoms with Crippen LogP contribution in [-0.2, 0) is 22.6 Å². The predicted molar refractivity (Wildman–Crippen MR) is 157 cm³/mol. The number of benzene rings is 3. The normalized spacial score (nSPS) is 14.4. The van der Waals surface area contributed by atoms with Gasteiger partial charge in [-0.1, -0.05) is 91.0 Å². The van der Waals surface area contributed by atoms with Crippen LogP contribution < -0.4 is 10.1 Å². The maximum Gasteiger partial charge on any atom is 0.243 e. The summed E-state index contributed by atoms with van der Waals surface area (Å²) in [7, 11) is 0. The van der Waals surface area contributed by atoms with Gasteiger partial charge >= 0.3 is 0 Å². The molecule has 0 heterocycles. The number of rotatable bonds is 12. The number of carbonyl (C=O) groups is 2. The van der Waals surface area contributed by atoms with E-state index in [4.69, 9.17) is 16.3 Å². The standard InChI is InChI=1S/C33H39ClN2O3/c1-25-17-19-30(20-18-25)39-21-9-16-32(37)36(24-27-12-8-13-28(34)22-27)31(23-26-10-4-2-5-11-26)33(38)35-29-14-6-3-7-15-29/h2,4-5,8,10-13,17-20,22,29,31H,3,6-7,9,14-16,21,23-24H2,1H3,(H,35,38). The number of carbonyl (C=O) groups excluding carboxylic acids is 2. The number of ether oxygens (including phenoxy) is 1. The van der Waals surface area contributed by atoms with Gasteiger partial charge in [0, 0.05) is 30.5 Å². The Kier molecular flexibility index (Phi) is 10.8. The van der Waals surface area contributed by atoms with Crippen molar-refractivity contribution < 1.29 is 14.3 Å². The lowest BCUT2D eigenvalue weighted by atomic mass is 9.94. The minimum absolute atomic E-state index is 0.0674. The van der Waals surface area contributed by atoms with Crippen molar-refractivity contribution in [2.75, 3.05) is 6.61 Å². The summed E-state index contributed by atoms with van der Waals surface area (Å²) >= 11 is 6.28. The maximum absolute atomic E-state index is 13.8. The molecule has 1 N–H and O–H groups in total. The van der Waals surface area contributed by atoms with Crippen LogP contribution in [0.1, 0.15) is 61.6 Å². The summed E-state index contributed by atoms with van der Waals surface area (Å²) in [4.78, 5) is 29.3. The highest BCUT2D eigenvalue weighted by Crippen LogP contribution is 2.21. The van der Waals surface area contributed by atoms with Gasteiger partial charge in [-0.3, -0.25) is 9.59 Å². The molecule has 3 aromatic rings. The Hall–Kier alpha value is -3.31. The highest BCUT2D eigenvalue weighted by molar-refractivity contribution is 6.30. The Morgan fingerprint density at radius 3 is 2.38 bits per heavy atom. The van der Waals surface area contributed by atoms with Crippen LogP contribution in [0.2, 0.25) is 5.02 Å². The van der Waals surface area contributed by atoms with Crippen molar-refractivity contribution in [3.05, 3.63) is 101 Å². The van der Waals surface area contributed by atoms with Gasteiger partial charge in [0.25, 0.3) is 0 Å². The summed E-state index contributed by atoms with van der Waals surface area (Å²) in [6, 6.07) is 24.9. The molecule has 1 aliphatic carbocycles. The lowest BCUT2D eigenvalue weighted by Crippen LogP contribution is -2.52. The third-order valence-corrected chi connectivity index (χ3v) is 7.52.